The van der Waals surface area contributed by atoms with Gasteiger partial charge in [-0.1, -0.05) is 44.2 Å². The molecule has 3 aromatic carbocycles. The number of nitrogens with one attached hydrogen (secondary N) is 1. The van der Waals surface area contributed by atoms with E-state index in [0.717, 1.165) is 0 Å². The number of carbonyl (C=O) groups is 1. The minimum Gasteiger partial charge on any atom is -0.507 e. The Hall–Kier alpha value is -5.12. The predicted molar refractivity (Wildman–Crippen MR) is 168 cm³/mol. The third kappa shape index (κ3) is 5.16. The van der Waals surface area contributed by atoms with Gasteiger partial charge in [0.1, 0.15) is 11.6 Å². The first-order valence-electron chi connectivity index (χ1n) is 14.1. The lowest BCUT2D eigenvalue weighted by molar-refractivity contribution is -0.384. The molecule has 0 saturated carbocycles. The van der Waals surface area contributed by atoms with Gasteiger partial charge < -0.3 is 19.3 Å². The number of Topliss-reactive ketones (excluding diaryl/α,β-unsaturated/α-hetero) is 1. The van der Waals surface area contributed by atoms with Gasteiger partial charge in [0.05, 0.1) is 31.9 Å². The Bertz CT molecular complexity index is 1720. The number of aliphatic hydroxyl groups is 1. The summed E-state index contributed by atoms with van der Waals surface area (Å²) in [4.78, 5) is 27.0. The molecule has 1 unspecified atom stereocenters. The van der Waals surface area contributed by atoms with E-state index in [2.05, 4.69) is 0 Å². The number of methoxy groups -OCH3 is 3. The molecular weight excluding hydrogens is 562 g/mol. The Morgan fingerprint density at radius 3 is 2.18 bits per heavy atom. The van der Waals surface area contributed by atoms with Crippen molar-refractivity contribution in [1.29, 1.82) is 5.41 Å². The third-order valence-corrected chi connectivity index (χ3v) is 8.18. The highest BCUT2D eigenvalue weighted by Gasteiger charge is 2.47. The average molecular weight is 598 g/mol. The Balaban J connectivity index is 1.90. The summed E-state index contributed by atoms with van der Waals surface area (Å²) in [5.41, 5.74) is 2.85. The van der Waals surface area contributed by atoms with E-state index in [1.165, 1.54) is 33.5 Å². The number of allylic oxidation sites excluding steroid dienone is 2. The maximum Gasteiger partial charge on any atom is 0.269 e. The Kier molecular flexibility index (Phi) is 7.94. The van der Waals surface area contributed by atoms with Crippen LogP contribution in [0.15, 0.2) is 77.5 Å². The highest BCUT2D eigenvalue weighted by molar-refractivity contribution is 6.20. The van der Waals surface area contributed by atoms with Crippen LogP contribution in [0.2, 0.25) is 0 Å². The van der Waals surface area contributed by atoms with E-state index >= 15 is 0 Å². The number of rotatable bonds is 7. The first-order valence-corrected chi connectivity index (χ1v) is 14.1. The molecule has 5 rings (SSSR count). The number of aryl methyl sites for hydroxylation is 1. The summed E-state index contributed by atoms with van der Waals surface area (Å²) in [5, 5.41) is 33.1. The van der Waals surface area contributed by atoms with Gasteiger partial charge in [0.15, 0.2) is 17.3 Å². The monoisotopic (exact) mass is 597 g/mol. The number of nitro benzene ring substituents is 1. The molecule has 1 aliphatic carbocycles. The third-order valence-electron chi connectivity index (χ3n) is 8.18. The van der Waals surface area contributed by atoms with Crippen LogP contribution >= 0.6 is 0 Å². The molecule has 0 radical (unpaired) electrons. The first kappa shape index (κ1) is 30.3. The number of nitro groups is 1. The molecule has 10 heteroatoms. The average Bonchev–Trinajstić information content (AvgIpc) is 2.99. The van der Waals surface area contributed by atoms with Gasteiger partial charge >= 0.3 is 0 Å². The van der Waals surface area contributed by atoms with Crippen molar-refractivity contribution in [2.24, 2.45) is 5.41 Å². The van der Waals surface area contributed by atoms with E-state index < -0.39 is 16.3 Å². The van der Waals surface area contributed by atoms with Crippen LogP contribution in [0.1, 0.15) is 49.3 Å². The summed E-state index contributed by atoms with van der Waals surface area (Å²) < 4.78 is 16.8. The van der Waals surface area contributed by atoms with Crippen molar-refractivity contribution in [3.8, 4) is 17.2 Å². The number of anilines is 1. The number of non-ortho nitro benzene ring substituents is 1. The van der Waals surface area contributed by atoms with Gasteiger partial charge in [-0.2, -0.15) is 0 Å². The van der Waals surface area contributed by atoms with Gasteiger partial charge in [0.25, 0.3) is 5.69 Å². The van der Waals surface area contributed by atoms with E-state index in [4.69, 9.17) is 14.2 Å². The fraction of sp³-hybridized carbons (Fsp3) is 0.294. The lowest BCUT2D eigenvalue weighted by Gasteiger charge is -2.45. The summed E-state index contributed by atoms with van der Waals surface area (Å²) in [6.07, 6.45) is 0.708. The molecule has 44 heavy (non-hydrogen) atoms. The van der Waals surface area contributed by atoms with E-state index in [1.807, 2.05) is 19.9 Å². The minimum absolute atomic E-state index is 0.0497. The fourth-order valence-corrected chi connectivity index (χ4v) is 6.24. The van der Waals surface area contributed by atoms with Crippen LogP contribution in [-0.4, -0.2) is 43.0 Å². The summed E-state index contributed by atoms with van der Waals surface area (Å²) in [7, 11) is 4.50. The molecule has 10 nitrogen and oxygen atoms in total. The van der Waals surface area contributed by atoms with Crippen LogP contribution in [0.25, 0.3) is 5.76 Å². The molecule has 0 aromatic heterocycles. The smallest absolute Gasteiger partial charge is 0.269 e. The SMILES string of the molecule is COc1cc(C2C(=C(O)c3ccccc3)C(=N)N(c3ccc([N+](=O)[O-])cc3C)C3=C2C(=O)CC(C)(C)C3)cc(OC)c1OC. The maximum atomic E-state index is 14.2. The number of ketones is 1. The highest BCUT2D eigenvalue weighted by Crippen LogP contribution is 2.53. The molecular formula is C34H35N3O7. The molecule has 0 amide bonds. The topological polar surface area (TPSA) is 135 Å². The van der Waals surface area contributed by atoms with Crippen molar-refractivity contribution < 1.29 is 29.0 Å². The number of hydrogen-bond donors (Lipinski definition) is 2. The van der Waals surface area contributed by atoms with Crippen molar-refractivity contribution in [2.45, 2.75) is 39.5 Å². The zero-order valence-electron chi connectivity index (χ0n) is 25.6. The van der Waals surface area contributed by atoms with E-state index in [0.29, 0.717) is 57.3 Å². The maximum absolute atomic E-state index is 14.2. The van der Waals surface area contributed by atoms with Gasteiger partial charge in [0.2, 0.25) is 5.75 Å². The van der Waals surface area contributed by atoms with Crippen molar-refractivity contribution in [3.63, 3.8) is 0 Å². The van der Waals surface area contributed by atoms with Crippen molar-refractivity contribution in [2.75, 3.05) is 26.2 Å². The summed E-state index contributed by atoms with van der Waals surface area (Å²) in [6.45, 7) is 5.73. The van der Waals surface area contributed by atoms with Gasteiger partial charge in [-0.05, 0) is 48.1 Å². The predicted octanol–water partition coefficient (Wildman–Crippen LogP) is 7.12. The van der Waals surface area contributed by atoms with Crippen LogP contribution < -0.4 is 19.1 Å². The van der Waals surface area contributed by atoms with Crippen molar-refractivity contribution >= 4 is 28.8 Å². The standard InChI is InChI=1S/C34H35N3O7/c1-19-14-22(37(40)41)12-13-23(19)36-24-17-34(2,3)18-25(38)29(24)28(21-15-26(42-4)32(44-6)27(16-21)43-5)30(33(36)35)31(39)20-10-8-7-9-11-20/h7-16,28,35,39H,17-18H2,1-6H3. The molecule has 2 N–H and O–H groups in total. The molecule has 2 aliphatic rings. The minimum atomic E-state index is -0.857. The highest BCUT2D eigenvalue weighted by atomic mass is 16.6. The molecule has 1 atom stereocenters. The zero-order valence-corrected chi connectivity index (χ0v) is 25.6. The quantitative estimate of drug-likeness (QED) is 0.167. The van der Waals surface area contributed by atoms with Crippen molar-refractivity contribution in [1.82, 2.24) is 0 Å². The molecule has 0 saturated heterocycles. The zero-order chi connectivity index (χ0) is 31.9. The molecule has 0 fully saturated rings. The van der Waals surface area contributed by atoms with Crippen LogP contribution in [0.5, 0.6) is 17.2 Å². The summed E-state index contributed by atoms with van der Waals surface area (Å²) >= 11 is 0. The van der Waals surface area contributed by atoms with Gasteiger partial charge in [0, 0.05) is 46.9 Å². The largest absolute Gasteiger partial charge is 0.507 e. The molecule has 228 valence electrons. The first-order chi connectivity index (χ1) is 20.9. The number of ether oxygens (including phenoxy) is 3. The Morgan fingerprint density at radius 1 is 1.00 bits per heavy atom. The number of carbonyl (C=O) groups excluding carboxylic acids is 1. The number of nitrogens with zero attached hydrogens (tertiary/aromatic N) is 2. The second-order valence-corrected chi connectivity index (χ2v) is 11.7. The molecule has 0 bridgehead atoms. The number of amidine groups is 1. The van der Waals surface area contributed by atoms with Crippen LogP contribution in [0, 0.1) is 27.9 Å². The van der Waals surface area contributed by atoms with Crippen LogP contribution in [0.4, 0.5) is 11.4 Å². The summed E-state index contributed by atoms with van der Waals surface area (Å²) in [6, 6.07) is 16.8. The van der Waals surface area contributed by atoms with Gasteiger partial charge in [-0.3, -0.25) is 25.2 Å². The second kappa shape index (κ2) is 11.5. The second-order valence-electron chi connectivity index (χ2n) is 11.7. The fourth-order valence-electron chi connectivity index (χ4n) is 6.24. The van der Waals surface area contributed by atoms with Gasteiger partial charge in [-0.15, -0.1) is 0 Å². The normalized spacial score (nSPS) is 19.0. The molecule has 3 aromatic rings. The Labute approximate surface area is 255 Å². The summed E-state index contributed by atoms with van der Waals surface area (Å²) in [5.74, 6) is -0.0852. The van der Waals surface area contributed by atoms with E-state index in [1.54, 1.807) is 54.3 Å². The van der Waals surface area contributed by atoms with Gasteiger partial charge in [-0.25, -0.2) is 0 Å². The van der Waals surface area contributed by atoms with E-state index in [9.17, 15) is 25.4 Å². The molecule has 0 spiro atoms. The Morgan fingerprint density at radius 2 is 1.64 bits per heavy atom. The number of hydrogen-bond acceptors (Lipinski definition) is 8. The lowest BCUT2D eigenvalue weighted by Crippen LogP contribution is -2.45. The number of benzene rings is 3. The van der Waals surface area contributed by atoms with E-state index in [-0.39, 0.29) is 35.1 Å². The lowest BCUT2D eigenvalue weighted by atomic mass is 9.67. The van der Waals surface area contributed by atoms with Crippen LogP contribution in [-0.2, 0) is 4.79 Å². The number of aliphatic hydroxyl groups excluding tert-OH is 1. The molecule has 1 aliphatic heterocycles. The van der Waals surface area contributed by atoms with Crippen LogP contribution in [0.3, 0.4) is 0 Å². The molecule has 1 heterocycles. The van der Waals surface area contributed by atoms with Crippen molar-refractivity contribution in [3.05, 3.63) is 104 Å².